The highest BCUT2D eigenvalue weighted by Crippen LogP contribution is 2.26. The molecular formula is C14H12BrNO4. The number of benzene rings is 2. The van der Waals surface area contributed by atoms with Crippen molar-refractivity contribution in [2.24, 2.45) is 0 Å². The molecule has 0 radical (unpaired) electrons. The summed E-state index contributed by atoms with van der Waals surface area (Å²) in [6.45, 7) is 0.0176. The largest absolute Gasteiger partial charge is 0.489 e. The van der Waals surface area contributed by atoms with Crippen LogP contribution in [-0.2, 0) is 0 Å². The summed E-state index contributed by atoms with van der Waals surface area (Å²) < 4.78 is 6.27. The van der Waals surface area contributed by atoms with Gasteiger partial charge in [-0.25, -0.2) is 0 Å². The standard InChI is InChI=1S/C14H12BrNO4/c15-12-6-1-2-7-14(12)20-9-13(17)10-4-3-5-11(8-10)16(18)19/h1-8,13,17H,9H2. The van der Waals surface area contributed by atoms with Crippen molar-refractivity contribution in [1.29, 1.82) is 0 Å². The van der Waals surface area contributed by atoms with E-state index in [2.05, 4.69) is 15.9 Å². The van der Waals surface area contributed by atoms with Crippen LogP contribution >= 0.6 is 15.9 Å². The van der Waals surface area contributed by atoms with Gasteiger partial charge >= 0.3 is 0 Å². The summed E-state index contributed by atoms with van der Waals surface area (Å²) in [7, 11) is 0. The first-order valence-electron chi connectivity index (χ1n) is 5.87. The average molecular weight is 338 g/mol. The van der Waals surface area contributed by atoms with Crippen LogP contribution < -0.4 is 4.74 Å². The molecule has 0 amide bonds. The third-order valence-electron chi connectivity index (χ3n) is 2.70. The lowest BCUT2D eigenvalue weighted by Crippen LogP contribution is -2.10. The predicted octanol–water partition coefficient (Wildman–Crippen LogP) is 3.47. The topological polar surface area (TPSA) is 72.6 Å². The molecule has 2 rings (SSSR count). The minimum atomic E-state index is -0.929. The molecule has 2 aromatic carbocycles. The Morgan fingerprint density at radius 3 is 2.70 bits per heavy atom. The minimum Gasteiger partial charge on any atom is -0.489 e. The number of hydrogen-bond acceptors (Lipinski definition) is 4. The lowest BCUT2D eigenvalue weighted by atomic mass is 10.1. The van der Waals surface area contributed by atoms with E-state index in [1.807, 2.05) is 18.2 Å². The molecule has 1 atom stereocenters. The van der Waals surface area contributed by atoms with Crippen LogP contribution in [0.1, 0.15) is 11.7 Å². The number of halogens is 1. The zero-order valence-corrected chi connectivity index (χ0v) is 12.0. The van der Waals surface area contributed by atoms with Crippen molar-refractivity contribution < 1.29 is 14.8 Å². The number of hydrogen-bond donors (Lipinski definition) is 1. The van der Waals surface area contributed by atoms with Gasteiger partial charge in [-0.1, -0.05) is 24.3 Å². The average Bonchev–Trinajstić information content (AvgIpc) is 2.46. The van der Waals surface area contributed by atoms with Gasteiger partial charge in [-0.05, 0) is 33.6 Å². The van der Waals surface area contributed by atoms with Crippen molar-refractivity contribution in [3.05, 3.63) is 68.7 Å². The number of non-ortho nitro benzene ring substituents is 1. The number of aliphatic hydroxyl groups is 1. The molecule has 0 heterocycles. The van der Waals surface area contributed by atoms with Crippen molar-refractivity contribution in [2.45, 2.75) is 6.10 Å². The summed E-state index contributed by atoms with van der Waals surface area (Å²) in [4.78, 5) is 10.2. The van der Waals surface area contributed by atoms with E-state index < -0.39 is 11.0 Å². The Labute approximate surface area is 124 Å². The van der Waals surface area contributed by atoms with E-state index >= 15 is 0 Å². The van der Waals surface area contributed by atoms with E-state index in [4.69, 9.17) is 4.74 Å². The molecule has 6 heteroatoms. The van der Waals surface area contributed by atoms with Gasteiger partial charge in [0.15, 0.2) is 0 Å². The molecule has 0 saturated carbocycles. The quantitative estimate of drug-likeness (QED) is 0.669. The van der Waals surface area contributed by atoms with Crippen LogP contribution in [-0.4, -0.2) is 16.6 Å². The molecule has 0 aliphatic rings. The van der Waals surface area contributed by atoms with Gasteiger partial charge in [0.1, 0.15) is 18.5 Å². The molecule has 104 valence electrons. The molecule has 1 N–H and O–H groups in total. The van der Waals surface area contributed by atoms with Gasteiger partial charge in [0.2, 0.25) is 0 Å². The third-order valence-corrected chi connectivity index (χ3v) is 3.35. The van der Waals surface area contributed by atoms with E-state index in [-0.39, 0.29) is 12.3 Å². The first-order chi connectivity index (χ1) is 9.58. The van der Waals surface area contributed by atoms with Gasteiger partial charge in [0, 0.05) is 12.1 Å². The Morgan fingerprint density at radius 1 is 1.25 bits per heavy atom. The highest BCUT2D eigenvalue weighted by molar-refractivity contribution is 9.10. The fourth-order valence-electron chi connectivity index (χ4n) is 1.67. The number of ether oxygens (including phenoxy) is 1. The highest BCUT2D eigenvalue weighted by atomic mass is 79.9. The molecule has 5 nitrogen and oxygen atoms in total. The van der Waals surface area contributed by atoms with Gasteiger partial charge in [-0.15, -0.1) is 0 Å². The molecule has 0 aliphatic carbocycles. The normalized spacial score (nSPS) is 11.9. The van der Waals surface area contributed by atoms with Crippen LogP contribution in [0.15, 0.2) is 53.0 Å². The summed E-state index contributed by atoms with van der Waals surface area (Å²) in [6.07, 6.45) is -0.929. The number of nitro benzene ring substituents is 1. The first-order valence-corrected chi connectivity index (χ1v) is 6.67. The van der Waals surface area contributed by atoms with Crippen molar-refractivity contribution in [3.63, 3.8) is 0 Å². The van der Waals surface area contributed by atoms with E-state index in [0.29, 0.717) is 11.3 Å². The lowest BCUT2D eigenvalue weighted by molar-refractivity contribution is -0.385. The Balaban J connectivity index is 2.05. The molecular weight excluding hydrogens is 326 g/mol. The summed E-state index contributed by atoms with van der Waals surface area (Å²) in [5.74, 6) is 0.608. The second-order valence-corrected chi connectivity index (χ2v) is 4.96. The van der Waals surface area contributed by atoms with E-state index in [1.54, 1.807) is 12.1 Å². The van der Waals surface area contributed by atoms with Crippen LogP contribution in [0, 0.1) is 10.1 Å². The van der Waals surface area contributed by atoms with E-state index in [0.717, 1.165) is 4.47 Å². The molecule has 0 aliphatic heterocycles. The smallest absolute Gasteiger partial charge is 0.269 e. The Kier molecular flexibility index (Phi) is 4.70. The van der Waals surface area contributed by atoms with Crippen LogP contribution in [0.25, 0.3) is 0 Å². The zero-order chi connectivity index (χ0) is 14.5. The molecule has 0 fully saturated rings. The number of rotatable bonds is 5. The maximum Gasteiger partial charge on any atom is 0.269 e. The van der Waals surface area contributed by atoms with Gasteiger partial charge in [-0.2, -0.15) is 0 Å². The van der Waals surface area contributed by atoms with Gasteiger partial charge in [0.05, 0.1) is 9.40 Å². The number of nitrogens with zero attached hydrogens (tertiary/aromatic N) is 1. The predicted molar refractivity (Wildman–Crippen MR) is 77.7 cm³/mol. The third kappa shape index (κ3) is 3.55. The maximum atomic E-state index is 10.7. The lowest BCUT2D eigenvalue weighted by Gasteiger charge is -2.13. The Hall–Kier alpha value is -1.92. The number of aliphatic hydroxyl groups excluding tert-OH is 1. The first kappa shape index (κ1) is 14.5. The Bertz CT molecular complexity index is 618. The van der Waals surface area contributed by atoms with Crippen LogP contribution in [0.3, 0.4) is 0 Å². The van der Waals surface area contributed by atoms with Crippen LogP contribution in [0.4, 0.5) is 5.69 Å². The van der Waals surface area contributed by atoms with Crippen molar-refractivity contribution in [2.75, 3.05) is 6.61 Å². The summed E-state index contributed by atoms with van der Waals surface area (Å²) in [5, 5.41) is 20.7. The van der Waals surface area contributed by atoms with Gasteiger partial charge in [0.25, 0.3) is 5.69 Å². The van der Waals surface area contributed by atoms with Crippen molar-refractivity contribution in [1.82, 2.24) is 0 Å². The van der Waals surface area contributed by atoms with Crippen LogP contribution in [0.2, 0.25) is 0 Å². The monoisotopic (exact) mass is 337 g/mol. The zero-order valence-electron chi connectivity index (χ0n) is 10.4. The fraction of sp³-hybridized carbons (Fsp3) is 0.143. The second-order valence-electron chi connectivity index (χ2n) is 4.11. The van der Waals surface area contributed by atoms with Gasteiger partial charge < -0.3 is 9.84 Å². The molecule has 0 spiro atoms. The highest BCUT2D eigenvalue weighted by Gasteiger charge is 2.13. The molecule has 0 bridgehead atoms. The van der Waals surface area contributed by atoms with Crippen LogP contribution in [0.5, 0.6) is 5.75 Å². The molecule has 0 aromatic heterocycles. The molecule has 0 saturated heterocycles. The number of nitro groups is 1. The number of para-hydroxylation sites is 1. The van der Waals surface area contributed by atoms with Crippen molar-refractivity contribution in [3.8, 4) is 5.75 Å². The van der Waals surface area contributed by atoms with E-state index in [1.165, 1.54) is 18.2 Å². The van der Waals surface area contributed by atoms with Gasteiger partial charge in [-0.3, -0.25) is 10.1 Å². The van der Waals surface area contributed by atoms with Crippen molar-refractivity contribution >= 4 is 21.6 Å². The maximum absolute atomic E-state index is 10.7. The SMILES string of the molecule is O=[N+]([O-])c1cccc(C(O)COc2ccccc2Br)c1. The minimum absolute atomic E-state index is 0.0176. The summed E-state index contributed by atoms with van der Waals surface area (Å²) in [5.41, 5.74) is 0.397. The molecule has 2 aromatic rings. The van der Waals surface area contributed by atoms with E-state index in [9.17, 15) is 15.2 Å². The fourth-order valence-corrected chi connectivity index (χ4v) is 2.07. The summed E-state index contributed by atoms with van der Waals surface area (Å²) in [6, 6.07) is 13.2. The molecule has 20 heavy (non-hydrogen) atoms. The summed E-state index contributed by atoms with van der Waals surface area (Å²) >= 11 is 3.34. The second kappa shape index (κ2) is 6.49. The Morgan fingerprint density at radius 2 is 2.00 bits per heavy atom. The molecule has 1 unspecified atom stereocenters.